The Kier molecular flexibility index (Phi) is 3.49. The van der Waals surface area contributed by atoms with Crippen molar-refractivity contribution in [1.82, 2.24) is 19.7 Å². The van der Waals surface area contributed by atoms with Crippen LogP contribution >= 0.6 is 11.3 Å². The maximum Gasteiger partial charge on any atom is 0.268 e. The average Bonchev–Trinajstić information content (AvgIpc) is 3.06. The van der Waals surface area contributed by atoms with Gasteiger partial charge in [-0.05, 0) is 19.1 Å². The van der Waals surface area contributed by atoms with E-state index >= 15 is 0 Å². The zero-order valence-corrected chi connectivity index (χ0v) is 12.4. The zero-order chi connectivity index (χ0) is 14.8. The van der Waals surface area contributed by atoms with E-state index in [1.165, 1.54) is 11.3 Å². The third-order valence-electron chi connectivity index (χ3n) is 2.84. The molecule has 0 aliphatic rings. The average molecular weight is 299 g/mol. The van der Waals surface area contributed by atoms with Gasteiger partial charge in [0, 0.05) is 25.5 Å². The molecule has 0 aromatic carbocycles. The van der Waals surface area contributed by atoms with Crippen LogP contribution in [0.3, 0.4) is 0 Å². The van der Waals surface area contributed by atoms with Gasteiger partial charge >= 0.3 is 0 Å². The molecule has 3 aromatic heterocycles. The van der Waals surface area contributed by atoms with Crippen molar-refractivity contribution in [2.45, 2.75) is 6.92 Å². The number of anilines is 1. The number of rotatable bonds is 3. The highest BCUT2D eigenvalue weighted by molar-refractivity contribution is 7.17. The summed E-state index contributed by atoms with van der Waals surface area (Å²) in [4.78, 5) is 21.5. The Labute approximate surface area is 125 Å². The van der Waals surface area contributed by atoms with E-state index in [2.05, 4.69) is 20.4 Å². The van der Waals surface area contributed by atoms with Crippen LogP contribution in [0.15, 0.2) is 36.7 Å². The zero-order valence-electron chi connectivity index (χ0n) is 11.6. The molecule has 0 saturated heterocycles. The molecule has 3 heterocycles. The number of aromatic nitrogens is 4. The van der Waals surface area contributed by atoms with Crippen molar-refractivity contribution < 1.29 is 4.79 Å². The minimum atomic E-state index is -0.203. The number of pyridine rings is 1. The molecule has 0 radical (unpaired) electrons. The molecule has 3 rings (SSSR count). The van der Waals surface area contributed by atoms with Crippen molar-refractivity contribution in [3.8, 4) is 10.7 Å². The van der Waals surface area contributed by atoms with Crippen molar-refractivity contribution >= 4 is 23.1 Å². The molecule has 7 heteroatoms. The van der Waals surface area contributed by atoms with Gasteiger partial charge in [0.1, 0.15) is 9.88 Å². The van der Waals surface area contributed by atoms with Crippen LogP contribution in [0, 0.1) is 6.92 Å². The van der Waals surface area contributed by atoms with Crippen molar-refractivity contribution in [3.05, 3.63) is 47.2 Å². The molecule has 0 saturated carbocycles. The van der Waals surface area contributed by atoms with Gasteiger partial charge in [-0.3, -0.25) is 14.5 Å². The number of carbonyl (C=O) groups is 1. The predicted molar refractivity (Wildman–Crippen MR) is 81.2 cm³/mol. The SMILES string of the molecule is Cc1nc(-c2ccccn2)sc1C(=O)Nc1ccn(C)n1. The first-order valence-electron chi connectivity index (χ1n) is 6.33. The monoisotopic (exact) mass is 299 g/mol. The van der Waals surface area contributed by atoms with Gasteiger partial charge in [-0.1, -0.05) is 6.07 Å². The third-order valence-corrected chi connectivity index (χ3v) is 4.02. The van der Waals surface area contributed by atoms with E-state index in [0.717, 1.165) is 10.7 Å². The molecule has 0 unspecified atom stereocenters. The van der Waals surface area contributed by atoms with Gasteiger partial charge in [0.25, 0.3) is 5.91 Å². The van der Waals surface area contributed by atoms with Crippen LogP contribution in [-0.2, 0) is 7.05 Å². The van der Waals surface area contributed by atoms with Gasteiger partial charge in [0.2, 0.25) is 0 Å². The van der Waals surface area contributed by atoms with E-state index in [1.807, 2.05) is 25.1 Å². The number of nitrogens with one attached hydrogen (secondary N) is 1. The molecule has 1 amide bonds. The Bertz CT molecular complexity index is 778. The molecule has 0 aliphatic carbocycles. The summed E-state index contributed by atoms with van der Waals surface area (Å²) in [5.74, 6) is 0.320. The van der Waals surface area contributed by atoms with Gasteiger partial charge in [0.15, 0.2) is 5.82 Å². The Morgan fingerprint density at radius 1 is 1.33 bits per heavy atom. The lowest BCUT2D eigenvalue weighted by Gasteiger charge is -1.99. The summed E-state index contributed by atoms with van der Waals surface area (Å²) in [7, 11) is 1.80. The first-order valence-corrected chi connectivity index (χ1v) is 7.15. The highest BCUT2D eigenvalue weighted by Crippen LogP contribution is 2.26. The summed E-state index contributed by atoms with van der Waals surface area (Å²) in [6, 6.07) is 7.36. The third kappa shape index (κ3) is 2.82. The van der Waals surface area contributed by atoms with Crippen molar-refractivity contribution in [3.63, 3.8) is 0 Å². The maximum atomic E-state index is 12.3. The summed E-state index contributed by atoms with van der Waals surface area (Å²) in [5, 5.41) is 7.63. The summed E-state index contributed by atoms with van der Waals surface area (Å²) >= 11 is 1.33. The molecule has 0 fully saturated rings. The van der Waals surface area contributed by atoms with Gasteiger partial charge in [-0.15, -0.1) is 11.3 Å². The maximum absolute atomic E-state index is 12.3. The fraction of sp³-hybridized carbons (Fsp3) is 0.143. The highest BCUT2D eigenvalue weighted by Gasteiger charge is 2.17. The molecule has 0 bridgehead atoms. The molecular weight excluding hydrogens is 286 g/mol. The Morgan fingerprint density at radius 2 is 2.19 bits per heavy atom. The lowest BCUT2D eigenvalue weighted by Crippen LogP contribution is -2.12. The smallest absolute Gasteiger partial charge is 0.268 e. The number of carbonyl (C=O) groups excluding carboxylic acids is 1. The van der Waals surface area contributed by atoms with E-state index in [1.54, 1.807) is 30.2 Å². The Morgan fingerprint density at radius 3 is 2.86 bits per heavy atom. The van der Waals surface area contributed by atoms with Crippen LogP contribution in [0.1, 0.15) is 15.4 Å². The van der Waals surface area contributed by atoms with Gasteiger partial charge in [-0.2, -0.15) is 5.10 Å². The van der Waals surface area contributed by atoms with Crippen molar-refractivity contribution in [1.29, 1.82) is 0 Å². The summed E-state index contributed by atoms with van der Waals surface area (Å²) < 4.78 is 1.63. The van der Waals surface area contributed by atoms with E-state index in [0.29, 0.717) is 16.4 Å². The number of thiazole rings is 1. The second kappa shape index (κ2) is 5.45. The minimum absolute atomic E-state index is 0.203. The topological polar surface area (TPSA) is 72.7 Å². The number of hydrogen-bond donors (Lipinski definition) is 1. The molecule has 0 spiro atoms. The van der Waals surface area contributed by atoms with Gasteiger partial charge in [0.05, 0.1) is 11.4 Å². The van der Waals surface area contributed by atoms with Crippen molar-refractivity contribution in [2.75, 3.05) is 5.32 Å². The Hall–Kier alpha value is -2.54. The lowest BCUT2D eigenvalue weighted by atomic mass is 10.3. The summed E-state index contributed by atoms with van der Waals surface area (Å²) in [6.07, 6.45) is 3.48. The highest BCUT2D eigenvalue weighted by atomic mass is 32.1. The molecule has 3 aromatic rings. The number of nitrogens with zero attached hydrogens (tertiary/aromatic N) is 4. The summed E-state index contributed by atoms with van der Waals surface area (Å²) in [5.41, 5.74) is 1.46. The van der Waals surface area contributed by atoms with E-state index in [9.17, 15) is 4.79 Å². The Balaban J connectivity index is 1.86. The van der Waals surface area contributed by atoms with Gasteiger partial charge < -0.3 is 5.32 Å². The first-order chi connectivity index (χ1) is 10.1. The van der Waals surface area contributed by atoms with Crippen molar-refractivity contribution in [2.24, 2.45) is 7.05 Å². The first kappa shape index (κ1) is 13.4. The molecule has 1 N–H and O–H groups in total. The number of amides is 1. The van der Waals surface area contributed by atoms with Crippen LogP contribution in [-0.4, -0.2) is 25.7 Å². The van der Waals surface area contributed by atoms with Crippen LogP contribution in [0.5, 0.6) is 0 Å². The fourth-order valence-corrected chi connectivity index (χ4v) is 2.80. The largest absolute Gasteiger partial charge is 0.304 e. The normalized spacial score (nSPS) is 10.6. The number of aryl methyl sites for hydroxylation is 2. The molecule has 0 aliphatic heterocycles. The van der Waals surface area contributed by atoms with Gasteiger partial charge in [-0.25, -0.2) is 4.98 Å². The van der Waals surface area contributed by atoms with Crippen LogP contribution < -0.4 is 5.32 Å². The standard InChI is InChI=1S/C14H13N5OS/c1-9-12(13(20)17-11-6-8-19(2)18-11)21-14(16-9)10-5-3-4-7-15-10/h3-8H,1-2H3,(H,17,18,20). The quantitative estimate of drug-likeness (QED) is 0.806. The summed E-state index contributed by atoms with van der Waals surface area (Å²) in [6.45, 7) is 1.82. The number of hydrogen-bond acceptors (Lipinski definition) is 5. The second-order valence-corrected chi connectivity index (χ2v) is 5.48. The fourth-order valence-electron chi connectivity index (χ4n) is 1.86. The van der Waals surface area contributed by atoms with E-state index < -0.39 is 0 Å². The predicted octanol–water partition coefficient (Wildman–Crippen LogP) is 2.50. The molecule has 0 atom stereocenters. The lowest BCUT2D eigenvalue weighted by molar-refractivity contribution is 0.102. The molecular formula is C14H13N5OS. The molecule has 6 nitrogen and oxygen atoms in total. The van der Waals surface area contributed by atoms with Crippen LogP contribution in [0.25, 0.3) is 10.7 Å². The second-order valence-electron chi connectivity index (χ2n) is 4.48. The van der Waals surface area contributed by atoms with Crippen LogP contribution in [0.2, 0.25) is 0 Å². The van der Waals surface area contributed by atoms with E-state index in [-0.39, 0.29) is 5.91 Å². The van der Waals surface area contributed by atoms with E-state index in [4.69, 9.17) is 0 Å². The molecule has 21 heavy (non-hydrogen) atoms. The minimum Gasteiger partial charge on any atom is -0.304 e. The molecule has 106 valence electrons. The van der Waals surface area contributed by atoms with Crippen LogP contribution in [0.4, 0.5) is 5.82 Å².